The summed E-state index contributed by atoms with van der Waals surface area (Å²) in [6, 6.07) is 11.7. The van der Waals surface area contributed by atoms with Crippen LogP contribution < -0.4 is 28.5 Å². The largest absolute Gasteiger partial charge is 0.452 e. The molecule has 4 aliphatic rings. The van der Waals surface area contributed by atoms with Crippen molar-refractivity contribution >= 4 is 102 Å². The maximum absolute atomic E-state index is 13.1. The van der Waals surface area contributed by atoms with E-state index in [1.54, 1.807) is 12.1 Å². The van der Waals surface area contributed by atoms with Crippen molar-refractivity contribution < 1.29 is 53.4 Å². The number of carbonyl (C=O) groups is 2. The molecule has 306 valence electrons. The molecule has 8 bridgehead atoms. The van der Waals surface area contributed by atoms with Gasteiger partial charge in [-0.3, -0.25) is 18.7 Å². The minimum absolute atomic E-state index is 0.000776. The Labute approximate surface area is 363 Å². The van der Waals surface area contributed by atoms with E-state index in [-0.39, 0.29) is 73.5 Å². The predicted octanol–water partition coefficient (Wildman–Crippen LogP) is 7.50. The van der Waals surface area contributed by atoms with Gasteiger partial charge in [-0.1, -0.05) is 22.5 Å². The average molecular weight is 1100 g/mol. The standard InChI is InChI=1S/C34H26Br4N4O14S2/c35-21-9-17-1-3-27(21)53-29-15-19(11-23(37)31(29)55-57(47,48)49)6-8-40-33(43)25(41-45)13-18-2-4-28(22(36)10-18)54-30-16-20(12-24(38)32(30)56-58(50,51)52)14-26(42-46)34(44)39-7-5-17/h1-5,7,9-12,15-16,25-26H,6,8,13-14H2,(H,39,44)(H,40,43)(H,47,48,49)(H,50,51,52)/b7-5+. The summed E-state index contributed by atoms with van der Waals surface area (Å²) in [5.41, 5.74) is 1.73. The summed E-state index contributed by atoms with van der Waals surface area (Å²) >= 11 is 13.2. The Morgan fingerprint density at radius 2 is 1.14 bits per heavy atom. The Hall–Kier alpha value is -4.30. The van der Waals surface area contributed by atoms with Crippen molar-refractivity contribution in [2.75, 3.05) is 6.54 Å². The number of nitrogens with zero attached hydrogens (tertiary/aromatic N) is 2. The topological polar surface area (TPSA) is 263 Å². The Bertz CT molecular complexity index is 2540. The number of halogens is 4. The summed E-state index contributed by atoms with van der Waals surface area (Å²) in [5.74, 6) is -2.53. The summed E-state index contributed by atoms with van der Waals surface area (Å²) in [4.78, 5) is 49.8. The van der Waals surface area contributed by atoms with Crippen LogP contribution in [0.25, 0.3) is 6.08 Å². The lowest BCUT2D eigenvalue weighted by Gasteiger charge is -2.17. The van der Waals surface area contributed by atoms with Gasteiger partial charge in [-0.25, -0.2) is 0 Å². The highest BCUT2D eigenvalue weighted by Crippen LogP contribution is 2.43. The van der Waals surface area contributed by atoms with Gasteiger partial charge in [-0.2, -0.15) is 16.8 Å². The van der Waals surface area contributed by atoms with Gasteiger partial charge in [-0.15, -0.1) is 9.81 Å². The molecule has 0 saturated heterocycles. The fourth-order valence-corrected chi connectivity index (χ4v) is 8.39. The quantitative estimate of drug-likeness (QED) is 0.108. The van der Waals surface area contributed by atoms with Gasteiger partial charge in [0, 0.05) is 25.6 Å². The minimum atomic E-state index is -5.06. The second-order valence-electron chi connectivity index (χ2n) is 12.0. The summed E-state index contributed by atoms with van der Waals surface area (Å²) < 4.78 is 87.9. The van der Waals surface area contributed by atoms with Crippen LogP contribution in [-0.4, -0.2) is 56.4 Å². The molecule has 24 heteroatoms. The van der Waals surface area contributed by atoms with Crippen molar-refractivity contribution in [2.24, 2.45) is 10.4 Å². The first kappa shape index (κ1) is 44.8. The Balaban J connectivity index is 1.54. The first-order valence-electron chi connectivity index (χ1n) is 16.1. The molecule has 0 aliphatic carbocycles. The van der Waals surface area contributed by atoms with Crippen LogP contribution in [0.5, 0.6) is 34.5 Å². The van der Waals surface area contributed by atoms with Crippen LogP contribution in [0.2, 0.25) is 0 Å². The molecule has 4 N–H and O–H groups in total. The van der Waals surface area contributed by atoms with E-state index in [0.717, 1.165) is 0 Å². The maximum Gasteiger partial charge on any atom is 0.446 e. The second kappa shape index (κ2) is 19.2. The van der Waals surface area contributed by atoms with E-state index in [0.29, 0.717) is 21.2 Å². The van der Waals surface area contributed by atoms with Gasteiger partial charge in [0.15, 0.2) is 23.6 Å². The lowest BCUT2D eigenvalue weighted by molar-refractivity contribution is -0.122. The maximum atomic E-state index is 13.1. The third-order valence-corrected chi connectivity index (χ3v) is 11.0. The number of hydrogen-bond acceptors (Lipinski definition) is 14. The third-order valence-electron chi connectivity index (χ3n) is 7.84. The van der Waals surface area contributed by atoms with Gasteiger partial charge >= 0.3 is 20.8 Å². The van der Waals surface area contributed by atoms with Crippen molar-refractivity contribution in [1.82, 2.24) is 10.6 Å². The molecule has 2 atom stereocenters. The molecular weight excluding hydrogens is 1070 g/mol. The number of ether oxygens (including phenoxy) is 2. The highest BCUT2D eigenvalue weighted by atomic mass is 79.9. The molecule has 4 aromatic carbocycles. The van der Waals surface area contributed by atoms with E-state index in [2.05, 4.69) is 84.7 Å². The van der Waals surface area contributed by atoms with E-state index >= 15 is 0 Å². The molecule has 0 aromatic heterocycles. The monoisotopic (exact) mass is 1090 g/mol. The zero-order valence-corrected chi connectivity index (χ0v) is 36.9. The highest BCUT2D eigenvalue weighted by Gasteiger charge is 2.26. The zero-order valence-electron chi connectivity index (χ0n) is 28.9. The van der Waals surface area contributed by atoms with Gasteiger partial charge in [0.1, 0.15) is 11.5 Å². The van der Waals surface area contributed by atoms with E-state index in [9.17, 15) is 45.3 Å². The van der Waals surface area contributed by atoms with Crippen molar-refractivity contribution in [2.45, 2.75) is 31.3 Å². The Morgan fingerprint density at radius 1 is 0.638 bits per heavy atom. The lowest BCUT2D eigenvalue weighted by atomic mass is 10.0. The fraction of sp³-hybridized carbons (Fsp3) is 0.176. The summed E-state index contributed by atoms with van der Waals surface area (Å²) in [5, 5.41) is 11.0. The molecular formula is C34H26Br4N4O14S2. The van der Waals surface area contributed by atoms with E-state index in [1.807, 2.05) is 0 Å². The van der Waals surface area contributed by atoms with Gasteiger partial charge < -0.3 is 28.5 Å². The molecule has 58 heavy (non-hydrogen) atoms. The molecule has 4 aromatic rings. The molecule has 0 radical (unpaired) electrons. The number of benzene rings is 4. The lowest BCUT2D eigenvalue weighted by Crippen LogP contribution is -2.35. The van der Waals surface area contributed by atoms with Crippen LogP contribution in [0.3, 0.4) is 0 Å². The third kappa shape index (κ3) is 12.4. The van der Waals surface area contributed by atoms with E-state index in [4.69, 9.17) is 17.8 Å². The van der Waals surface area contributed by atoms with Gasteiger partial charge in [0.2, 0.25) is 17.4 Å². The second-order valence-corrected chi connectivity index (χ2v) is 17.5. The zero-order chi connectivity index (χ0) is 42.4. The van der Waals surface area contributed by atoms with Gasteiger partial charge in [0.25, 0.3) is 5.91 Å². The molecule has 0 spiro atoms. The van der Waals surface area contributed by atoms with Crippen LogP contribution in [0.1, 0.15) is 22.3 Å². The van der Waals surface area contributed by atoms with Crippen molar-refractivity contribution in [3.05, 3.63) is 117 Å². The first-order chi connectivity index (χ1) is 27.3. The molecule has 0 saturated carbocycles. The Morgan fingerprint density at radius 3 is 1.69 bits per heavy atom. The van der Waals surface area contributed by atoms with Gasteiger partial charge in [0.05, 0.1) is 17.9 Å². The number of rotatable bonds is 6. The number of amides is 2. The highest BCUT2D eigenvalue weighted by molar-refractivity contribution is 9.11. The van der Waals surface area contributed by atoms with E-state index < -0.39 is 50.4 Å². The smallest absolute Gasteiger partial charge is 0.446 e. The molecule has 2 amide bonds. The average Bonchev–Trinajstić information content (AvgIpc) is 3.13. The first-order valence-corrected chi connectivity index (χ1v) is 22.0. The summed E-state index contributed by atoms with van der Waals surface area (Å²) in [7, 11) is -10.1. The minimum Gasteiger partial charge on any atom is -0.452 e. The molecule has 2 unspecified atom stereocenters. The van der Waals surface area contributed by atoms with E-state index in [1.165, 1.54) is 60.8 Å². The van der Waals surface area contributed by atoms with Crippen LogP contribution >= 0.6 is 63.7 Å². The molecule has 4 aliphatic heterocycles. The fourth-order valence-electron chi connectivity index (χ4n) is 5.29. The summed E-state index contributed by atoms with van der Waals surface area (Å²) in [6.07, 6.45) is 2.44. The van der Waals surface area contributed by atoms with Crippen LogP contribution in [0.15, 0.2) is 95.1 Å². The van der Waals surface area contributed by atoms with Crippen LogP contribution in [-0.2, 0) is 49.6 Å². The van der Waals surface area contributed by atoms with Crippen molar-refractivity contribution in [3.63, 3.8) is 0 Å². The number of nitrogens with one attached hydrogen (secondary N) is 2. The van der Waals surface area contributed by atoms with Crippen molar-refractivity contribution in [1.29, 1.82) is 0 Å². The van der Waals surface area contributed by atoms with Crippen LogP contribution in [0, 0.1) is 9.81 Å². The molecule has 4 heterocycles. The number of hydrogen-bond donors (Lipinski definition) is 4. The molecule has 18 nitrogen and oxygen atoms in total. The predicted molar refractivity (Wildman–Crippen MR) is 222 cm³/mol. The number of carbonyl (C=O) groups excluding carboxylic acids is 2. The van der Waals surface area contributed by atoms with Crippen molar-refractivity contribution in [3.8, 4) is 34.5 Å². The normalized spacial score (nSPS) is 17.3. The summed E-state index contributed by atoms with van der Waals surface area (Å²) in [6.45, 7) is -0.000776. The molecule has 0 fully saturated rings. The Kier molecular flexibility index (Phi) is 14.8. The molecule has 8 rings (SSSR count). The SMILES string of the molecule is O=NC1Cc2cc(Br)c(OS(=O)(=O)O)c(c2)Oc2ccc(cc2Br)CC(N=O)C(=O)NCCc2cc(Br)c(OS(=O)(=O)O)c(c2)Oc2ccc(cc2Br)/C=C/NC1=O. The number of nitroso groups, excluding NO2 is 2. The van der Waals surface area contributed by atoms with Gasteiger partial charge in [-0.05, 0) is 147 Å². The van der Waals surface area contributed by atoms with Crippen LogP contribution in [0.4, 0.5) is 0 Å².